The first-order valence-electron chi connectivity index (χ1n) is 10.5. The summed E-state index contributed by atoms with van der Waals surface area (Å²) in [5.74, 6) is -0.0867. The van der Waals surface area contributed by atoms with Crippen molar-refractivity contribution in [3.05, 3.63) is 54.1 Å². The van der Waals surface area contributed by atoms with Gasteiger partial charge in [-0.2, -0.15) is 0 Å². The quantitative estimate of drug-likeness (QED) is 0.348. The minimum absolute atomic E-state index is 0.00763. The minimum Gasteiger partial charge on any atom is -0.486 e. The molecule has 2 amide bonds. The highest BCUT2D eigenvalue weighted by atomic mass is 32.2. The van der Waals surface area contributed by atoms with Crippen molar-refractivity contribution in [2.75, 3.05) is 19.8 Å². The van der Waals surface area contributed by atoms with Crippen LogP contribution in [0.4, 0.5) is 0 Å². The van der Waals surface area contributed by atoms with Gasteiger partial charge < -0.3 is 9.47 Å². The van der Waals surface area contributed by atoms with Crippen LogP contribution in [0.2, 0.25) is 0 Å². The third-order valence-electron chi connectivity index (χ3n) is 5.21. The molecule has 11 nitrogen and oxygen atoms in total. The molecule has 2 heterocycles. The van der Waals surface area contributed by atoms with Crippen LogP contribution >= 0.6 is 0 Å². The summed E-state index contributed by atoms with van der Waals surface area (Å²) < 4.78 is 38.1. The van der Waals surface area contributed by atoms with Crippen molar-refractivity contribution in [2.45, 2.75) is 29.8 Å². The Morgan fingerprint density at radius 3 is 2.52 bits per heavy atom. The second-order valence-corrected chi connectivity index (χ2v) is 9.30. The van der Waals surface area contributed by atoms with E-state index >= 15 is 0 Å². The van der Waals surface area contributed by atoms with Crippen LogP contribution in [0.15, 0.2) is 53.4 Å². The van der Waals surface area contributed by atoms with Crippen molar-refractivity contribution in [1.29, 1.82) is 0 Å². The van der Waals surface area contributed by atoms with Crippen molar-refractivity contribution >= 4 is 21.8 Å². The summed E-state index contributed by atoms with van der Waals surface area (Å²) in [5, 5.41) is 0. The lowest BCUT2D eigenvalue weighted by atomic mass is 10.0. The smallest absolute Gasteiger partial charge is 0.256 e. The van der Waals surface area contributed by atoms with Crippen LogP contribution in [-0.2, 0) is 19.6 Å². The number of carbonyl (C=O) groups excluding carboxylic acids is 2. The molecule has 4 rings (SSSR count). The van der Waals surface area contributed by atoms with Gasteiger partial charge in [0, 0.05) is 25.1 Å². The summed E-state index contributed by atoms with van der Waals surface area (Å²) in [5.41, 5.74) is 11.7. The normalized spacial score (nSPS) is 19.6. The molecule has 0 radical (unpaired) electrons. The van der Waals surface area contributed by atoms with Gasteiger partial charge >= 0.3 is 0 Å². The molecule has 1 fully saturated rings. The molecule has 2 aromatic carbocycles. The van der Waals surface area contributed by atoms with E-state index in [0.29, 0.717) is 31.1 Å². The fourth-order valence-electron chi connectivity index (χ4n) is 3.49. The van der Waals surface area contributed by atoms with Crippen molar-refractivity contribution in [3.63, 3.8) is 0 Å². The van der Waals surface area contributed by atoms with Gasteiger partial charge in [0.1, 0.15) is 19.3 Å². The Bertz CT molecular complexity index is 1110. The van der Waals surface area contributed by atoms with E-state index < -0.39 is 27.9 Å². The number of benzene rings is 2. The maximum atomic E-state index is 12.5. The molecule has 33 heavy (non-hydrogen) atoms. The van der Waals surface area contributed by atoms with Crippen LogP contribution in [-0.4, -0.2) is 46.0 Å². The van der Waals surface area contributed by atoms with Crippen LogP contribution in [0.5, 0.6) is 11.5 Å². The molecule has 2 aliphatic rings. The molecule has 0 saturated carbocycles. The van der Waals surface area contributed by atoms with Gasteiger partial charge in [0.15, 0.2) is 11.5 Å². The number of hydrogen-bond acceptors (Lipinski definition) is 8. The zero-order chi connectivity index (χ0) is 23.3. The molecule has 2 aliphatic heterocycles. The molecule has 12 heteroatoms. The van der Waals surface area contributed by atoms with Gasteiger partial charge in [0.2, 0.25) is 15.9 Å². The molecule has 2 aromatic rings. The van der Waals surface area contributed by atoms with Crippen molar-refractivity contribution in [1.82, 2.24) is 26.4 Å². The fraction of sp³-hybridized carbons (Fsp3) is 0.333. The first-order chi connectivity index (χ1) is 15.9. The largest absolute Gasteiger partial charge is 0.486 e. The number of sulfonamides is 1. The number of amides is 2. The van der Waals surface area contributed by atoms with Crippen LogP contribution in [0.25, 0.3) is 0 Å². The Kier molecular flexibility index (Phi) is 7.08. The van der Waals surface area contributed by atoms with Gasteiger partial charge in [0.05, 0.1) is 4.90 Å². The molecule has 2 unspecified atom stereocenters. The summed E-state index contributed by atoms with van der Waals surface area (Å²) in [6, 6.07) is 13.5. The fourth-order valence-corrected chi connectivity index (χ4v) is 4.53. The van der Waals surface area contributed by atoms with E-state index in [2.05, 4.69) is 26.4 Å². The molecular formula is C21H25N5O6S. The molecular weight excluding hydrogens is 450 g/mol. The number of nitrogens with one attached hydrogen (secondary N) is 5. The molecule has 1 saturated heterocycles. The summed E-state index contributed by atoms with van der Waals surface area (Å²) in [6.45, 7) is 0.608. The van der Waals surface area contributed by atoms with Gasteiger partial charge in [-0.25, -0.2) is 24.0 Å². The Balaban J connectivity index is 1.19. The molecule has 2 atom stereocenters. The van der Waals surface area contributed by atoms with E-state index in [0.717, 1.165) is 5.56 Å². The first-order valence-corrected chi connectivity index (χ1v) is 11.9. The van der Waals surface area contributed by atoms with Gasteiger partial charge in [-0.1, -0.05) is 30.3 Å². The second kappa shape index (κ2) is 10.2. The van der Waals surface area contributed by atoms with Crippen LogP contribution in [0.1, 0.15) is 24.4 Å². The minimum atomic E-state index is -3.84. The highest BCUT2D eigenvalue weighted by molar-refractivity contribution is 7.89. The number of hydrogen-bond donors (Lipinski definition) is 5. The standard InChI is InChI=1S/C21H25N5O6S/c27-20(25-26-21(28)17-13-16(23-24-17)14-4-2-1-3-5-14)8-9-22-33(29,30)15-6-7-18-19(12-15)32-11-10-31-18/h1-7,12,16-17,22-24H,8-11,13H2,(H,25,27)(H,26,28). The van der Waals surface area contributed by atoms with E-state index in [1.165, 1.54) is 18.2 Å². The van der Waals surface area contributed by atoms with Crippen LogP contribution in [0.3, 0.4) is 0 Å². The SMILES string of the molecule is O=C(CCNS(=O)(=O)c1ccc2c(c1)OCCO2)NNC(=O)C1CC(c2ccccc2)NN1. The Morgan fingerprint density at radius 1 is 0.970 bits per heavy atom. The lowest BCUT2D eigenvalue weighted by molar-refractivity contribution is -0.129. The van der Waals surface area contributed by atoms with E-state index in [1.807, 2.05) is 30.3 Å². The second-order valence-electron chi connectivity index (χ2n) is 7.53. The van der Waals surface area contributed by atoms with E-state index in [4.69, 9.17) is 9.47 Å². The first kappa shape index (κ1) is 23.0. The van der Waals surface area contributed by atoms with E-state index in [1.54, 1.807) is 0 Å². The predicted molar refractivity (Wildman–Crippen MR) is 117 cm³/mol. The summed E-state index contributed by atoms with van der Waals surface area (Å²) in [6.07, 6.45) is 0.355. The van der Waals surface area contributed by atoms with E-state index in [9.17, 15) is 18.0 Å². The van der Waals surface area contributed by atoms with Crippen molar-refractivity contribution in [3.8, 4) is 11.5 Å². The van der Waals surface area contributed by atoms with Crippen molar-refractivity contribution < 1.29 is 27.5 Å². The molecule has 0 bridgehead atoms. The predicted octanol–water partition coefficient (Wildman–Crippen LogP) is -0.119. The Hall–Kier alpha value is -3.19. The van der Waals surface area contributed by atoms with Gasteiger partial charge in [0.25, 0.3) is 5.91 Å². The number of fused-ring (bicyclic) bond motifs is 1. The van der Waals surface area contributed by atoms with Crippen LogP contribution < -0.4 is 35.9 Å². The Labute approximate surface area is 191 Å². The number of carbonyl (C=O) groups is 2. The maximum Gasteiger partial charge on any atom is 0.256 e. The van der Waals surface area contributed by atoms with Gasteiger partial charge in [-0.15, -0.1) is 0 Å². The average molecular weight is 476 g/mol. The average Bonchev–Trinajstić information content (AvgIpc) is 3.33. The summed E-state index contributed by atoms with van der Waals surface area (Å²) in [7, 11) is -3.84. The lowest BCUT2D eigenvalue weighted by Gasteiger charge is -2.18. The molecule has 0 aliphatic carbocycles. The zero-order valence-corrected chi connectivity index (χ0v) is 18.5. The summed E-state index contributed by atoms with van der Waals surface area (Å²) in [4.78, 5) is 24.3. The maximum absolute atomic E-state index is 12.5. The van der Waals surface area contributed by atoms with Crippen LogP contribution in [0, 0.1) is 0 Å². The third-order valence-corrected chi connectivity index (χ3v) is 6.67. The van der Waals surface area contributed by atoms with E-state index in [-0.39, 0.29) is 23.9 Å². The van der Waals surface area contributed by atoms with Gasteiger partial charge in [-0.05, 0) is 24.1 Å². The molecule has 5 N–H and O–H groups in total. The lowest BCUT2D eigenvalue weighted by Crippen LogP contribution is -2.50. The number of ether oxygens (including phenoxy) is 2. The van der Waals surface area contributed by atoms with Crippen molar-refractivity contribution in [2.24, 2.45) is 0 Å². The highest BCUT2D eigenvalue weighted by Gasteiger charge is 2.30. The molecule has 0 aromatic heterocycles. The zero-order valence-electron chi connectivity index (χ0n) is 17.7. The van der Waals surface area contributed by atoms with Gasteiger partial charge in [-0.3, -0.25) is 20.4 Å². The topological polar surface area (TPSA) is 147 Å². The highest BCUT2D eigenvalue weighted by Crippen LogP contribution is 2.32. The number of rotatable bonds is 7. The molecule has 0 spiro atoms. The molecule has 176 valence electrons. The number of hydrazine groups is 2. The third kappa shape index (κ3) is 5.79. The Morgan fingerprint density at radius 2 is 1.73 bits per heavy atom. The monoisotopic (exact) mass is 475 g/mol. The summed E-state index contributed by atoms with van der Waals surface area (Å²) >= 11 is 0.